The summed E-state index contributed by atoms with van der Waals surface area (Å²) in [5.74, 6) is -0.531. The molecule has 0 aliphatic rings. The van der Waals surface area contributed by atoms with Crippen LogP contribution in [-0.4, -0.2) is 28.7 Å². The van der Waals surface area contributed by atoms with E-state index in [-0.39, 0.29) is 24.0 Å². The van der Waals surface area contributed by atoms with Crippen LogP contribution in [0.25, 0.3) is 0 Å². The van der Waals surface area contributed by atoms with Crippen LogP contribution < -0.4 is 5.32 Å². The molecule has 0 unspecified atom stereocenters. The summed E-state index contributed by atoms with van der Waals surface area (Å²) < 4.78 is 0. The molecule has 0 heterocycles. The van der Waals surface area contributed by atoms with E-state index in [9.17, 15) is 19.7 Å². The molecule has 0 fully saturated rings. The third-order valence-corrected chi connectivity index (χ3v) is 3.79. The van der Waals surface area contributed by atoms with Crippen LogP contribution in [0.15, 0.2) is 42.5 Å². The van der Waals surface area contributed by atoms with Gasteiger partial charge in [-0.2, -0.15) is 0 Å². The van der Waals surface area contributed by atoms with Crippen LogP contribution in [0.2, 0.25) is 5.02 Å². The van der Waals surface area contributed by atoms with Crippen molar-refractivity contribution in [2.24, 2.45) is 0 Å². The highest BCUT2D eigenvalue weighted by Gasteiger charge is 2.16. The number of carbonyl (C=O) groups is 2. The van der Waals surface area contributed by atoms with E-state index in [1.165, 1.54) is 30.0 Å². The van der Waals surface area contributed by atoms with Crippen LogP contribution >= 0.6 is 11.6 Å². The molecular formula is C17H16ClN3O4. The van der Waals surface area contributed by atoms with Crippen LogP contribution in [0.4, 0.5) is 11.4 Å². The van der Waals surface area contributed by atoms with Crippen LogP contribution in [-0.2, 0) is 11.3 Å². The zero-order valence-electron chi connectivity index (χ0n) is 13.7. The van der Waals surface area contributed by atoms with Crippen molar-refractivity contribution in [3.63, 3.8) is 0 Å². The van der Waals surface area contributed by atoms with E-state index in [1.807, 2.05) is 0 Å². The van der Waals surface area contributed by atoms with Crippen molar-refractivity contribution in [1.82, 2.24) is 4.90 Å². The molecule has 0 aliphatic heterocycles. The average molecular weight is 362 g/mol. The number of halogens is 1. The van der Waals surface area contributed by atoms with Crippen LogP contribution in [0.5, 0.6) is 0 Å². The maximum Gasteiger partial charge on any atom is 0.269 e. The molecule has 0 saturated carbocycles. The average Bonchev–Trinajstić information content (AvgIpc) is 2.55. The predicted molar refractivity (Wildman–Crippen MR) is 94.6 cm³/mol. The van der Waals surface area contributed by atoms with Crippen molar-refractivity contribution in [3.8, 4) is 0 Å². The molecular weight excluding hydrogens is 346 g/mol. The van der Waals surface area contributed by atoms with Gasteiger partial charge in [0.25, 0.3) is 11.6 Å². The number of hydrogen-bond donors (Lipinski definition) is 1. The van der Waals surface area contributed by atoms with E-state index >= 15 is 0 Å². The van der Waals surface area contributed by atoms with E-state index in [2.05, 4.69) is 5.32 Å². The molecule has 0 aromatic heterocycles. The minimum atomic E-state index is -0.515. The number of nitrogens with one attached hydrogen (secondary N) is 1. The molecule has 25 heavy (non-hydrogen) atoms. The van der Waals surface area contributed by atoms with Crippen molar-refractivity contribution < 1.29 is 14.5 Å². The summed E-state index contributed by atoms with van der Waals surface area (Å²) in [5, 5.41) is 13.8. The van der Waals surface area contributed by atoms with Crippen molar-refractivity contribution >= 4 is 34.8 Å². The third kappa shape index (κ3) is 4.77. The predicted octanol–water partition coefficient (Wildman–Crippen LogP) is 3.48. The Morgan fingerprint density at radius 2 is 1.96 bits per heavy atom. The lowest BCUT2D eigenvalue weighted by atomic mass is 10.1. The Balaban J connectivity index is 2.19. The summed E-state index contributed by atoms with van der Waals surface area (Å²) in [7, 11) is 1.57. The molecule has 0 bridgehead atoms. The van der Waals surface area contributed by atoms with Crippen molar-refractivity contribution in [2.75, 3.05) is 12.4 Å². The van der Waals surface area contributed by atoms with Gasteiger partial charge >= 0.3 is 0 Å². The third-order valence-electron chi connectivity index (χ3n) is 3.42. The van der Waals surface area contributed by atoms with Gasteiger partial charge in [0.2, 0.25) is 5.91 Å². The molecule has 2 aromatic rings. The van der Waals surface area contributed by atoms with Gasteiger partial charge in [0.05, 0.1) is 4.92 Å². The molecule has 2 aromatic carbocycles. The molecule has 8 heteroatoms. The highest BCUT2D eigenvalue weighted by atomic mass is 35.5. The van der Waals surface area contributed by atoms with E-state index < -0.39 is 4.92 Å². The zero-order chi connectivity index (χ0) is 18.6. The topological polar surface area (TPSA) is 92.6 Å². The number of amides is 2. The zero-order valence-corrected chi connectivity index (χ0v) is 14.4. The number of benzene rings is 2. The van der Waals surface area contributed by atoms with Crippen LogP contribution in [0, 0.1) is 10.1 Å². The summed E-state index contributed by atoms with van der Waals surface area (Å²) >= 11 is 6.07. The van der Waals surface area contributed by atoms with E-state index in [0.29, 0.717) is 21.8 Å². The monoisotopic (exact) mass is 361 g/mol. The van der Waals surface area contributed by atoms with Gasteiger partial charge < -0.3 is 10.2 Å². The number of hydrogen-bond acceptors (Lipinski definition) is 4. The number of anilines is 1. The van der Waals surface area contributed by atoms with Crippen LogP contribution in [0.1, 0.15) is 22.8 Å². The Hall–Kier alpha value is -2.93. The maximum absolute atomic E-state index is 12.6. The lowest BCUT2D eigenvalue weighted by Crippen LogP contribution is -2.26. The van der Waals surface area contributed by atoms with Crippen LogP contribution in [0.3, 0.4) is 0 Å². The lowest BCUT2D eigenvalue weighted by molar-refractivity contribution is -0.384. The molecule has 2 amide bonds. The minimum Gasteiger partial charge on any atom is -0.337 e. The number of carbonyl (C=O) groups excluding carboxylic acids is 2. The summed E-state index contributed by atoms with van der Waals surface area (Å²) in [5.41, 5.74) is 1.29. The molecule has 0 spiro atoms. The second kappa shape index (κ2) is 7.76. The number of nitro benzene ring substituents is 1. The first-order valence-corrected chi connectivity index (χ1v) is 7.71. The van der Waals surface area contributed by atoms with Gasteiger partial charge in [0.15, 0.2) is 0 Å². The highest BCUT2D eigenvalue weighted by Crippen LogP contribution is 2.24. The maximum atomic E-state index is 12.6. The quantitative estimate of drug-likeness (QED) is 0.651. The molecule has 0 radical (unpaired) electrons. The summed E-state index contributed by atoms with van der Waals surface area (Å²) in [4.78, 5) is 35.4. The van der Waals surface area contributed by atoms with Gasteiger partial charge in [0.1, 0.15) is 0 Å². The van der Waals surface area contributed by atoms with Gasteiger partial charge in [-0.3, -0.25) is 19.7 Å². The van der Waals surface area contributed by atoms with Gasteiger partial charge in [-0.25, -0.2) is 0 Å². The highest BCUT2D eigenvalue weighted by molar-refractivity contribution is 6.31. The second-order valence-electron chi connectivity index (χ2n) is 5.46. The number of nitrogens with zero attached hydrogens (tertiary/aromatic N) is 2. The first-order chi connectivity index (χ1) is 11.8. The minimum absolute atomic E-state index is 0.0899. The molecule has 7 nitrogen and oxygen atoms in total. The van der Waals surface area contributed by atoms with E-state index in [1.54, 1.807) is 31.3 Å². The van der Waals surface area contributed by atoms with Crippen molar-refractivity contribution in [1.29, 1.82) is 0 Å². The SMILES string of the molecule is CC(=O)Nc1cccc(C(=O)N(C)Cc2cc([N+](=O)[O-])ccc2Cl)c1. The van der Waals surface area contributed by atoms with Gasteiger partial charge in [-0.05, 0) is 29.8 Å². The largest absolute Gasteiger partial charge is 0.337 e. The fourth-order valence-corrected chi connectivity index (χ4v) is 2.45. The molecule has 0 atom stereocenters. The lowest BCUT2D eigenvalue weighted by Gasteiger charge is -2.18. The standard InChI is InChI=1S/C17H16ClN3O4/c1-11(22)19-14-5-3-4-12(8-14)17(23)20(2)10-13-9-15(21(24)25)6-7-16(13)18/h3-9H,10H2,1-2H3,(H,19,22). The van der Waals surface area contributed by atoms with Crippen molar-refractivity contribution in [3.05, 3.63) is 68.7 Å². The van der Waals surface area contributed by atoms with Gasteiger partial charge in [-0.1, -0.05) is 17.7 Å². The molecule has 1 N–H and O–H groups in total. The normalized spacial score (nSPS) is 10.2. The number of non-ortho nitro benzene ring substituents is 1. The second-order valence-corrected chi connectivity index (χ2v) is 5.86. The van der Waals surface area contributed by atoms with E-state index in [0.717, 1.165) is 0 Å². The summed E-state index contributed by atoms with van der Waals surface area (Å²) in [6, 6.07) is 10.6. The number of rotatable bonds is 5. The fourth-order valence-electron chi connectivity index (χ4n) is 2.28. The van der Waals surface area contributed by atoms with E-state index in [4.69, 9.17) is 11.6 Å². The Kier molecular flexibility index (Phi) is 5.71. The smallest absolute Gasteiger partial charge is 0.269 e. The molecule has 2 rings (SSSR count). The Bertz CT molecular complexity index is 838. The van der Waals surface area contributed by atoms with Gasteiger partial charge in [-0.15, -0.1) is 0 Å². The first-order valence-electron chi connectivity index (χ1n) is 7.34. The Morgan fingerprint density at radius 3 is 2.60 bits per heavy atom. The summed E-state index contributed by atoms with van der Waals surface area (Å²) in [6.45, 7) is 1.49. The molecule has 0 saturated heterocycles. The fraction of sp³-hybridized carbons (Fsp3) is 0.176. The van der Waals surface area contributed by atoms with Crippen molar-refractivity contribution in [2.45, 2.75) is 13.5 Å². The number of nitro groups is 1. The Morgan fingerprint density at radius 1 is 1.24 bits per heavy atom. The molecule has 130 valence electrons. The van der Waals surface area contributed by atoms with Gasteiger partial charge in [0, 0.05) is 48.9 Å². The summed E-state index contributed by atoms with van der Waals surface area (Å²) in [6.07, 6.45) is 0. The molecule has 0 aliphatic carbocycles. The first kappa shape index (κ1) is 18.4. The Labute approximate surface area is 149 Å².